The topological polar surface area (TPSA) is 17.1 Å². The molecule has 1 spiro atoms. The van der Waals surface area contributed by atoms with Crippen LogP contribution in [0.15, 0.2) is 12.2 Å². The average molecular weight is 218 g/mol. The second kappa shape index (κ2) is 3.72. The molecule has 1 nitrogen and oxygen atoms in total. The molecule has 2 atom stereocenters. The van der Waals surface area contributed by atoms with E-state index in [9.17, 15) is 4.79 Å². The van der Waals surface area contributed by atoms with Gasteiger partial charge in [0.1, 0.15) is 5.78 Å². The van der Waals surface area contributed by atoms with Gasteiger partial charge in [0, 0.05) is 11.8 Å². The Kier molecular flexibility index (Phi) is 2.45. The van der Waals surface area contributed by atoms with E-state index in [4.69, 9.17) is 0 Å². The van der Waals surface area contributed by atoms with Crippen molar-refractivity contribution in [3.05, 3.63) is 12.2 Å². The molecule has 0 aromatic carbocycles. The van der Waals surface area contributed by atoms with Gasteiger partial charge in [-0.15, -0.1) is 0 Å². The van der Waals surface area contributed by atoms with E-state index in [2.05, 4.69) is 19.1 Å². The quantitative estimate of drug-likeness (QED) is 0.645. The molecule has 0 aromatic heterocycles. The van der Waals surface area contributed by atoms with E-state index >= 15 is 0 Å². The van der Waals surface area contributed by atoms with Gasteiger partial charge < -0.3 is 0 Å². The lowest BCUT2D eigenvalue weighted by Crippen LogP contribution is -2.40. The Morgan fingerprint density at radius 3 is 2.56 bits per heavy atom. The van der Waals surface area contributed by atoms with Crippen LogP contribution in [0.5, 0.6) is 0 Å². The van der Waals surface area contributed by atoms with E-state index in [0.29, 0.717) is 29.0 Å². The fourth-order valence-electron chi connectivity index (χ4n) is 4.09. The summed E-state index contributed by atoms with van der Waals surface area (Å²) in [4.78, 5) is 12.5. The molecule has 3 aliphatic carbocycles. The van der Waals surface area contributed by atoms with Gasteiger partial charge in [0.25, 0.3) is 0 Å². The summed E-state index contributed by atoms with van der Waals surface area (Å²) in [7, 11) is 0. The maximum absolute atomic E-state index is 12.5. The summed E-state index contributed by atoms with van der Waals surface area (Å²) >= 11 is 0. The van der Waals surface area contributed by atoms with Crippen LogP contribution < -0.4 is 0 Å². The summed E-state index contributed by atoms with van der Waals surface area (Å²) in [6.45, 7) is 2.25. The van der Waals surface area contributed by atoms with Crippen LogP contribution in [0.25, 0.3) is 0 Å². The molecule has 88 valence electrons. The molecule has 0 N–H and O–H groups in total. The van der Waals surface area contributed by atoms with Gasteiger partial charge in [-0.2, -0.15) is 0 Å². The summed E-state index contributed by atoms with van der Waals surface area (Å²) in [5.74, 6) is 1.89. The Labute approximate surface area is 98.3 Å². The number of carbonyl (C=O) groups is 1. The first-order chi connectivity index (χ1) is 7.73. The molecule has 0 radical (unpaired) electrons. The fraction of sp³-hybridized carbons (Fsp3) is 0.800. The minimum Gasteiger partial charge on any atom is -0.299 e. The zero-order chi connectivity index (χ0) is 11.2. The van der Waals surface area contributed by atoms with Crippen LogP contribution in [0, 0.1) is 23.2 Å². The number of rotatable bonds is 2. The van der Waals surface area contributed by atoms with Crippen molar-refractivity contribution in [2.45, 2.75) is 51.9 Å². The first kappa shape index (κ1) is 10.6. The number of Topliss-reactive ketones (excluding diaryl/α,β-unsaturated/α-hetero) is 1. The van der Waals surface area contributed by atoms with E-state index in [0.717, 1.165) is 0 Å². The van der Waals surface area contributed by atoms with Gasteiger partial charge in [0.2, 0.25) is 0 Å². The van der Waals surface area contributed by atoms with Gasteiger partial charge in [-0.3, -0.25) is 4.79 Å². The van der Waals surface area contributed by atoms with Crippen LogP contribution in [-0.4, -0.2) is 5.78 Å². The van der Waals surface area contributed by atoms with Crippen molar-refractivity contribution in [1.29, 1.82) is 0 Å². The van der Waals surface area contributed by atoms with E-state index in [1.165, 1.54) is 44.9 Å². The highest BCUT2D eigenvalue weighted by Crippen LogP contribution is 2.54. The van der Waals surface area contributed by atoms with Crippen molar-refractivity contribution in [2.75, 3.05) is 0 Å². The Balaban J connectivity index is 1.89. The monoisotopic (exact) mass is 218 g/mol. The van der Waals surface area contributed by atoms with Gasteiger partial charge in [0.05, 0.1) is 0 Å². The summed E-state index contributed by atoms with van der Waals surface area (Å²) in [6.07, 6.45) is 13.4. The van der Waals surface area contributed by atoms with Crippen LogP contribution in [0.3, 0.4) is 0 Å². The molecular weight excluding hydrogens is 196 g/mol. The molecule has 16 heavy (non-hydrogen) atoms. The third kappa shape index (κ3) is 1.56. The molecule has 0 saturated heterocycles. The number of carbonyl (C=O) groups excluding carboxylic acids is 1. The Morgan fingerprint density at radius 2 is 1.94 bits per heavy atom. The van der Waals surface area contributed by atoms with Crippen LogP contribution in [-0.2, 0) is 4.79 Å². The van der Waals surface area contributed by atoms with Crippen LogP contribution >= 0.6 is 0 Å². The van der Waals surface area contributed by atoms with Crippen molar-refractivity contribution in [3.8, 4) is 0 Å². The normalized spacial score (nSPS) is 36.8. The molecule has 0 heterocycles. The van der Waals surface area contributed by atoms with Crippen LogP contribution in [0.2, 0.25) is 0 Å². The zero-order valence-corrected chi connectivity index (χ0v) is 10.2. The Morgan fingerprint density at radius 1 is 1.25 bits per heavy atom. The second-order valence-corrected chi connectivity index (χ2v) is 6.22. The largest absolute Gasteiger partial charge is 0.299 e. The van der Waals surface area contributed by atoms with Crippen molar-refractivity contribution in [2.24, 2.45) is 23.2 Å². The Hall–Kier alpha value is -0.590. The minimum atomic E-state index is 0.354. The molecule has 0 amide bonds. The van der Waals surface area contributed by atoms with Crippen LogP contribution in [0.4, 0.5) is 0 Å². The zero-order valence-electron chi connectivity index (χ0n) is 10.2. The smallest absolute Gasteiger partial charge is 0.140 e. The van der Waals surface area contributed by atoms with Crippen molar-refractivity contribution in [1.82, 2.24) is 0 Å². The summed E-state index contributed by atoms with van der Waals surface area (Å²) < 4.78 is 0. The Bertz CT molecular complexity index is 318. The number of allylic oxidation sites excluding steroid dienone is 2. The molecule has 1 heteroatoms. The minimum absolute atomic E-state index is 0.354. The van der Waals surface area contributed by atoms with Gasteiger partial charge in [0.15, 0.2) is 0 Å². The fourth-order valence-corrected chi connectivity index (χ4v) is 4.09. The molecule has 0 aliphatic heterocycles. The highest BCUT2D eigenvalue weighted by molar-refractivity contribution is 5.86. The average Bonchev–Trinajstić information content (AvgIpc) is 3.02. The predicted molar refractivity (Wildman–Crippen MR) is 65.0 cm³/mol. The lowest BCUT2D eigenvalue weighted by molar-refractivity contribution is -0.130. The van der Waals surface area contributed by atoms with Gasteiger partial charge in [-0.1, -0.05) is 31.9 Å². The van der Waals surface area contributed by atoms with Gasteiger partial charge in [-0.25, -0.2) is 0 Å². The maximum Gasteiger partial charge on any atom is 0.140 e. The standard InChI is InChI=1S/C15H22O/c1-11-5-4-10-15(8-2-3-9-15)13(11)14(16)12-6-7-12/h4-5,11-13H,2-3,6-10H2,1H3. The highest BCUT2D eigenvalue weighted by atomic mass is 16.1. The molecule has 2 unspecified atom stereocenters. The first-order valence-electron chi connectivity index (χ1n) is 6.93. The van der Waals surface area contributed by atoms with Crippen LogP contribution in [0.1, 0.15) is 51.9 Å². The highest BCUT2D eigenvalue weighted by Gasteiger charge is 2.50. The number of ketones is 1. The SMILES string of the molecule is CC1C=CCC2(CCCC2)C1C(=O)C1CC1. The lowest BCUT2D eigenvalue weighted by Gasteiger charge is -2.41. The van der Waals surface area contributed by atoms with Crippen molar-refractivity contribution < 1.29 is 4.79 Å². The molecule has 3 aliphatic rings. The third-order valence-electron chi connectivity index (χ3n) is 5.04. The summed E-state index contributed by atoms with van der Waals surface area (Å²) in [5, 5.41) is 0. The molecular formula is C15H22O. The summed E-state index contributed by atoms with van der Waals surface area (Å²) in [5.41, 5.74) is 0.369. The van der Waals surface area contributed by atoms with E-state index < -0.39 is 0 Å². The molecule has 0 aromatic rings. The first-order valence-corrected chi connectivity index (χ1v) is 6.93. The van der Waals surface area contributed by atoms with E-state index in [1.54, 1.807) is 0 Å². The van der Waals surface area contributed by atoms with Gasteiger partial charge >= 0.3 is 0 Å². The van der Waals surface area contributed by atoms with Crippen molar-refractivity contribution in [3.63, 3.8) is 0 Å². The number of hydrogen-bond donors (Lipinski definition) is 0. The molecule has 2 saturated carbocycles. The lowest BCUT2D eigenvalue weighted by atomic mass is 9.61. The van der Waals surface area contributed by atoms with E-state index in [-0.39, 0.29) is 0 Å². The number of hydrogen-bond acceptors (Lipinski definition) is 1. The third-order valence-corrected chi connectivity index (χ3v) is 5.04. The van der Waals surface area contributed by atoms with E-state index in [1.807, 2.05) is 0 Å². The molecule has 0 bridgehead atoms. The van der Waals surface area contributed by atoms with Crippen molar-refractivity contribution >= 4 is 5.78 Å². The predicted octanol–water partition coefficient (Wildman–Crippen LogP) is 3.74. The summed E-state index contributed by atoms with van der Waals surface area (Å²) in [6, 6.07) is 0. The maximum atomic E-state index is 12.5. The second-order valence-electron chi connectivity index (χ2n) is 6.22. The molecule has 2 fully saturated rings. The molecule has 3 rings (SSSR count). The van der Waals surface area contributed by atoms with Gasteiger partial charge in [-0.05, 0) is 43.4 Å².